The zero-order valence-electron chi connectivity index (χ0n) is 11.1. The van der Waals surface area contributed by atoms with Gasteiger partial charge in [0.2, 0.25) is 0 Å². The molecule has 2 heteroatoms. The van der Waals surface area contributed by atoms with Gasteiger partial charge in [-0.15, -0.1) is 0 Å². The number of hydrogen-bond donors (Lipinski definition) is 0. The van der Waals surface area contributed by atoms with Crippen molar-refractivity contribution in [2.45, 2.75) is 19.3 Å². The van der Waals surface area contributed by atoms with Gasteiger partial charge >= 0.3 is 0 Å². The van der Waals surface area contributed by atoms with Gasteiger partial charge in [-0.25, -0.2) is 0 Å². The molecule has 2 rings (SSSR count). The van der Waals surface area contributed by atoms with Gasteiger partial charge in [0.25, 0.3) is 0 Å². The molecule has 102 valence electrons. The lowest BCUT2D eigenvalue weighted by Crippen LogP contribution is -1.84. The Morgan fingerprint density at radius 2 is 1.05 bits per heavy atom. The van der Waals surface area contributed by atoms with E-state index in [1.54, 1.807) is 0 Å². The third-order valence-electron chi connectivity index (χ3n) is 2.67. The maximum Gasteiger partial charge on any atom is 0.0934 e. The van der Waals surface area contributed by atoms with Crippen LogP contribution in [-0.2, 0) is 12.8 Å². The van der Waals surface area contributed by atoms with Crippen LogP contribution in [0.3, 0.4) is 0 Å². The summed E-state index contributed by atoms with van der Waals surface area (Å²) in [6.07, 6.45) is 2.04. The van der Waals surface area contributed by atoms with E-state index in [1.807, 2.05) is 60.7 Å². The second kappa shape index (κ2) is 10.2. The summed E-state index contributed by atoms with van der Waals surface area (Å²) in [5, 5.41) is 0. The lowest BCUT2D eigenvalue weighted by molar-refractivity contribution is 0.473. The van der Waals surface area contributed by atoms with Crippen molar-refractivity contribution in [3.63, 3.8) is 0 Å². The highest BCUT2D eigenvalue weighted by Gasteiger charge is 1.89. The molecule has 0 heterocycles. The molecule has 0 bridgehead atoms. The van der Waals surface area contributed by atoms with E-state index >= 15 is 0 Å². The zero-order valence-corrected chi connectivity index (χ0v) is 11.1. The van der Waals surface area contributed by atoms with E-state index in [4.69, 9.17) is 0 Å². The van der Waals surface area contributed by atoms with E-state index in [9.17, 15) is 8.78 Å². The zero-order chi connectivity index (χ0) is 13.8. The predicted molar refractivity (Wildman–Crippen MR) is 76.9 cm³/mol. The monoisotopic (exact) mass is 262 g/mol. The Balaban J connectivity index is 0.000000191. The molecule has 0 aliphatic rings. The van der Waals surface area contributed by atoms with Gasteiger partial charge in [-0.2, -0.15) is 0 Å². The topological polar surface area (TPSA) is 0 Å². The fourth-order valence-corrected chi connectivity index (χ4v) is 1.67. The second-order valence-corrected chi connectivity index (χ2v) is 4.20. The SMILES string of the molecule is FCCCc1ccccc1.FCCc1ccccc1. The maximum absolute atomic E-state index is 11.7. The third-order valence-corrected chi connectivity index (χ3v) is 2.67. The van der Waals surface area contributed by atoms with Gasteiger partial charge < -0.3 is 0 Å². The summed E-state index contributed by atoms with van der Waals surface area (Å²) in [6.45, 7) is -0.473. The molecule has 0 unspecified atom stereocenters. The van der Waals surface area contributed by atoms with Crippen molar-refractivity contribution in [3.8, 4) is 0 Å². The molecule has 0 atom stereocenters. The smallest absolute Gasteiger partial charge is 0.0934 e. The summed E-state index contributed by atoms with van der Waals surface area (Å²) in [5.74, 6) is 0. The van der Waals surface area contributed by atoms with Crippen LogP contribution in [0.4, 0.5) is 8.78 Å². The first kappa shape index (κ1) is 15.4. The molecule has 0 fully saturated rings. The Morgan fingerprint density at radius 3 is 1.47 bits per heavy atom. The Labute approximate surface area is 114 Å². The molecule has 0 N–H and O–H groups in total. The van der Waals surface area contributed by atoms with Crippen molar-refractivity contribution >= 4 is 0 Å². The minimum Gasteiger partial charge on any atom is -0.251 e. The van der Waals surface area contributed by atoms with Crippen LogP contribution in [0.5, 0.6) is 0 Å². The van der Waals surface area contributed by atoms with Crippen molar-refractivity contribution in [1.82, 2.24) is 0 Å². The van der Waals surface area contributed by atoms with Crippen molar-refractivity contribution in [3.05, 3.63) is 71.8 Å². The first-order chi connectivity index (χ1) is 9.36. The molecule has 0 saturated heterocycles. The van der Waals surface area contributed by atoms with Crippen molar-refractivity contribution in [2.24, 2.45) is 0 Å². The normalized spacial score (nSPS) is 9.58. The average Bonchev–Trinajstić information content (AvgIpc) is 2.48. The highest BCUT2D eigenvalue weighted by Crippen LogP contribution is 2.01. The Hall–Kier alpha value is -1.70. The molecular weight excluding hydrogens is 242 g/mol. The summed E-state index contributed by atoms with van der Waals surface area (Å²) in [5.41, 5.74) is 2.29. The summed E-state index contributed by atoms with van der Waals surface area (Å²) >= 11 is 0. The number of aryl methyl sites for hydroxylation is 2. The fourth-order valence-electron chi connectivity index (χ4n) is 1.67. The Kier molecular flexibility index (Phi) is 8.28. The van der Waals surface area contributed by atoms with Gasteiger partial charge in [-0.05, 0) is 24.0 Å². The highest BCUT2D eigenvalue weighted by atomic mass is 19.1. The third kappa shape index (κ3) is 7.35. The van der Waals surface area contributed by atoms with Crippen LogP contribution >= 0.6 is 0 Å². The van der Waals surface area contributed by atoms with Gasteiger partial charge in [0, 0.05) is 6.42 Å². The quantitative estimate of drug-likeness (QED) is 0.727. The first-order valence-corrected chi connectivity index (χ1v) is 6.56. The fraction of sp³-hybridized carbons (Fsp3) is 0.294. The van der Waals surface area contributed by atoms with E-state index < -0.39 is 0 Å². The number of benzene rings is 2. The van der Waals surface area contributed by atoms with E-state index in [2.05, 4.69) is 0 Å². The molecule has 19 heavy (non-hydrogen) atoms. The minimum absolute atomic E-state index is 0.213. The minimum atomic E-state index is -0.260. The number of rotatable bonds is 5. The molecule has 0 spiro atoms. The lowest BCUT2D eigenvalue weighted by atomic mass is 10.1. The van der Waals surface area contributed by atoms with Crippen LogP contribution in [0.25, 0.3) is 0 Å². The van der Waals surface area contributed by atoms with E-state index in [1.165, 1.54) is 5.56 Å². The van der Waals surface area contributed by atoms with Gasteiger partial charge in [0.05, 0.1) is 13.3 Å². The number of halogens is 2. The van der Waals surface area contributed by atoms with Crippen LogP contribution in [0.15, 0.2) is 60.7 Å². The summed E-state index contributed by atoms with van der Waals surface area (Å²) in [6, 6.07) is 19.6. The van der Waals surface area contributed by atoms with Gasteiger partial charge in [-0.1, -0.05) is 60.7 Å². The molecule has 0 amide bonds. The van der Waals surface area contributed by atoms with Crippen LogP contribution in [0.2, 0.25) is 0 Å². The molecule has 2 aromatic rings. The van der Waals surface area contributed by atoms with Gasteiger partial charge in [0.1, 0.15) is 0 Å². The molecule has 0 aliphatic carbocycles. The van der Waals surface area contributed by atoms with E-state index in [0.29, 0.717) is 12.8 Å². The van der Waals surface area contributed by atoms with Crippen LogP contribution in [0.1, 0.15) is 17.5 Å². The van der Waals surface area contributed by atoms with Gasteiger partial charge in [0.15, 0.2) is 0 Å². The molecule has 0 saturated carbocycles. The maximum atomic E-state index is 11.7. The van der Waals surface area contributed by atoms with Crippen LogP contribution in [0, 0.1) is 0 Å². The highest BCUT2D eigenvalue weighted by molar-refractivity contribution is 5.15. The number of alkyl halides is 2. The van der Waals surface area contributed by atoms with Crippen molar-refractivity contribution in [2.75, 3.05) is 13.3 Å². The Morgan fingerprint density at radius 1 is 0.579 bits per heavy atom. The Bertz CT molecular complexity index is 412. The lowest BCUT2D eigenvalue weighted by Gasteiger charge is -1.95. The van der Waals surface area contributed by atoms with Gasteiger partial charge in [-0.3, -0.25) is 8.78 Å². The molecular formula is C17H20F2. The molecule has 0 aromatic heterocycles. The van der Waals surface area contributed by atoms with Crippen molar-refractivity contribution < 1.29 is 8.78 Å². The summed E-state index contributed by atoms with van der Waals surface area (Å²) in [7, 11) is 0. The summed E-state index contributed by atoms with van der Waals surface area (Å²) in [4.78, 5) is 0. The number of hydrogen-bond acceptors (Lipinski definition) is 0. The standard InChI is InChI=1S/C9H11F.C8H9F/c10-8-4-7-9-5-2-1-3-6-9;9-7-6-8-4-2-1-3-5-8/h1-3,5-6H,4,7-8H2;1-5H,6-7H2. The molecule has 0 aliphatic heterocycles. The summed E-state index contributed by atoms with van der Waals surface area (Å²) < 4.78 is 23.4. The molecule has 2 aromatic carbocycles. The van der Waals surface area contributed by atoms with Crippen molar-refractivity contribution in [1.29, 1.82) is 0 Å². The van der Waals surface area contributed by atoms with E-state index in [-0.39, 0.29) is 13.3 Å². The second-order valence-electron chi connectivity index (χ2n) is 4.20. The largest absolute Gasteiger partial charge is 0.251 e. The van der Waals surface area contributed by atoms with E-state index in [0.717, 1.165) is 12.0 Å². The van der Waals surface area contributed by atoms with Crippen LogP contribution in [-0.4, -0.2) is 13.3 Å². The first-order valence-electron chi connectivity index (χ1n) is 6.56. The molecule has 0 nitrogen and oxygen atoms in total. The van der Waals surface area contributed by atoms with Crippen LogP contribution < -0.4 is 0 Å². The average molecular weight is 262 g/mol. The predicted octanol–water partition coefficient (Wildman–Crippen LogP) is 4.79. The molecule has 0 radical (unpaired) electrons.